The van der Waals surface area contributed by atoms with Crippen LogP contribution in [0.15, 0.2) is 24.4 Å². The second kappa shape index (κ2) is 4.38. The Bertz CT molecular complexity index is 652. The summed E-state index contributed by atoms with van der Waals surface area (Å²) in [6.07, 6.45) is 5.25. The molecule has 0 amide bonds. The summed E-state index contributed by atoms with van der Waals surface area (Å²) < 4.78 is 26.2. The second-order valence-electron chi connectivity index (χ2n) is 5.70. The van der Waals surface area contributed by atoms with E-state index in [0.29, 0.717) is 23.6 Å². The van der Waals surface area contributed by atoms with Gasteiger partial charge in [0.2, 0.25) is 0 Å². The van der Waals surface area contributed by atoms with Crippen molar-refractivity contribution in [1.29, 1.82) is 0 Å². The third-order valence-corrected chi connectivity index (χ3v) is 4.48. The average Bonchev–Trinajstić information content (AvgIpc) is 3.16. The summed E-state index contributed by atoms with van der Waals surface area (Å²) in [5.74, 6) is -0.303. The maximum absolute atomic E-state index is 13.3. The number of aromatic amines is 1. The van der Waals surface area contributed by atoms with E-state index in [1.165, 1.54) is 18.9 Å². The van der Waals surface area contributed by atoms with Crippen molar-refractivity contribution in [2.45, 2.75) is 37.3 Å². The number of nitrogens with one attached hydrogen (secondary N) is 2. The van der Waals surface area contributed by atoms with E-state index in [1.54, 1.807) is 12.3 Å². The molecule has 2 saturated heterocycles. The van der Waals surface area contributed by atoms with Gasteiger partial charge in [0.15, 0.2) is 11.6 Å². The molecule has 0 radical (unpaired) electrons. The van der Waals surface area contributed by atoms with Gasteiger partial charge in [0, 0.05) is 23.6 Å². The smallest absolute Gasteiger partial charge is 0.159 e. The number of fused-ring (bicyclic) bond motifs is 2. The van der Waals surface area contributed by atoms with Gasteiger partial charge in [-0.2, -0.15) is 0 Å². The van der Waals surface area contributed by atoms with Crippen LogP contribution in [0.5, 0.6) is 0 Å². The Kier molecular flexibility index (Phi) is 2.63. The van der Waals surface area contributed by atoms with Gasteiger partial charge in [0.25, 0.3) is 0 Å². The molecule has 5 heteroatoms. The van der Waals surface area contributed by atoms with Crippen molar-refractivity contribution in [3.63, 3.8) is 0 Å². The quantitative estimate of drug-likeness (QED) is 0.884. The maximum atomic E-state index is 13.3. The van der Waals surface area contributed by atoms with Gasteiger partial charge in [-0.3, -0.25) is 0 Å². The summed E-state index contributed by atoms with van der Waals surface area (Å²) >= 11 is 0. The van der Waals surface area contributed by atoms with Gasteiger partial charge in [-0.1, -0.05) is 0 Å². The minimum Gasteiger partial charge on any atom is -0.342 e. The minimum absolute atomic E-state index is 0.410. The highest BCUT2D eigenvalue weighted by Crippen LogP contribution is 2.39. The minimum atomic E-state index is -0.833. The number of halogens is 2. The Morgan fingerprint density at radius 1 is 1.15 bits per heavy atom. The third-order valence-electron chi connectivity index (χ3n) is 4.48. The average molecular weight is 275 g/mol. The number of hydrogen-bond acceptors (Lipinski definition) is 2. The Hall–Kier alpha value is -1.75. The van der Waals surface area contributed by atoms with E-state index >= 15 is 0 Å². The Morgan fingerprint density at radius 3 is 2.75 bits per heavy atom. The molecule has 20 heavy (non-hydrogen) atoms. The van der Waals surface area contributed by atoms with Gasteiger partial charge in [-0.25, -0.2) is 13.8 Å². The fraction of sp³-hybridized carbons (Fsp3) is 0.400. The molecule has 4 rings (SSSR count). The first-order chi connectivity index (χ1) is 9.70. The first kappa shape index (κ1) is 12.0. The molecular weight excluding hydrogens is 260 g/mol. The Morgan fingerprint density at radius 2 is 2.05 bits per heavy atom. The molecule has 104 valence electrons. The van der Waals surface area contributed by atoms with Crippen LogP contribution in [0, 0.1) is 11.6 Å². The van der Waals surface area contributed by atoms with E-state index in [1.807, 2.05) is 0 Å². The topological polar surface area (TPSA) is 40.7 Å². The lowest BCUT2D eigenvalue weighted by atomic mass is 9.89. The summed E-state index contributed by atoms with van der Waals surface area (Å²) in [6.45, 7) is 0. The Balaban J connectivity index is 1.63. The molecule has 2 aliphatic heterocycles. The van der Waals surface area contributed by atoms with Crippen LogP contribution in [0.2, 0.25) is 0 Å². The van der Waals surface area contributed by atoms with Crippen LogP contribution in [-0.2, 0) is 0 Å². The zero-order chi connectivity index (χ0) is 13.7. The number of benzene rings is 1. The van der Waals surface area contributed by atoms with E-state index in [0.717, 1.165) is 24.0 Å². The molecular formula is C15H15F2N3. The van der Waals surface area contributed by atoms with Gasteiger partial charge < -0.3 is 10.3 Å². The molecule has 2 fully saturated rings. The van der Waals surface area contributed by atoms with Crippen molar-refractivity contribution in [2.75, 3.05) is 0 Å². The van der Waals surface area contributed by atoms with Crippen LogP contribution in [0.1, 0.15) is 31.0 Å². The van der Waals surface area contributed by atoms with Crippen LogP contribution >= 0.6 is 0 Å². The molecule has 3 unspecified atom stereocenters. The van der Waals surface area contributed by atoms with Crippen LogP contribution in [-0.4, -0.2) is 22.1 Å². The molecule has 2 aliphatic rings. The summed E-state index contributed by atoms with van der Waals surface area (Å²) in [4.78, 5) is 7.70. The predicted octanol–water partition coefficient (Wildman–Crippen LogP) is 2.96. The molecule has 2 N–H and O–H groups in total. The maximum Gasteiger partial charge on any atom is 0.159 e. The lowest BCUT2D eigenvalue weighted by molar-refractivity contribution is 0.490. The first-order valence-electron chi connectivity index (χ1n) is 6.97. The van der Waals surface area contributed by atoms with Crippen LogP contribution < -0.4 is 5.32 Å². The van der Waals surface area contributed by atoms with Gasteiger partial charge in [-0.05, 0) is 37.5 Å². The van der Waals surface area contributed by atoms with Crippen LogP contribution in [0.4, 0.5) is 8.78 Å². The molecule has 2 bridgehead atoms. The van der Waals surface area contributed by atoms with E-state index in [4.69, 9.17) is 0 Å². The number of nitrogens with zero attached hydrogens (tertiary/aromatic N) is 1. The summed E-state index contributed by atoms with van der Waals surface area (Å²) in [5, 5.41) is 3.57. The lowest BCUT2D eigenvalue weighted by Gasteiger charge is -2.17. The second-order valence-corrected chi connectivity index (χ2v) is 5.70. The van der Waals surface area contributed by atoms with Crippen molar-refractivity contribution in [3.8, 4) is 11.3 Å². The Labute approximate surface area is 115 Å². The standard InChI is InChI=1S/C15H15F2N3/c16-11-3-1-8(5-12(11)17)14-7-18-15(20-14)10-6-9-2-4-13(10)19-9/h1,3,5,7,9-10,13,19H,2,4,6H2,(H,18,20). The van der Waals surface area contributed by atoms with E-state index < -0.39 is 11.6 Å². The van der Waals surface area contributed by atoms with Crippen LogP contribution in [0.25, 0.3) is 11.3 Å². The van der Waals surface area contributed by atoms with Crippen molar-refractivity contribution in [1.82, 2.24) is 15.3 Å². The highest BCUT2D eigenvalue weighted by molar-refractivity contribution is 5.58. The van der Waals surface area contributed by atoms with Gasteiger partial charge in [-0.15, -0.1) is 0 Å². The SMILES string of the molecule is Fc1ccc(-c2cnc(C3CC4CCC3N4)[nH]2)cc1F. The summed E-state index contributed by atoms with van der Waals surface area (Å²) in [6, 6.07) is 5.02. The molecule has 3 heterocycles. The fourth-order valence-corrected chi connectivity index (χ4v) is 3.46. The molecule has 3 atom stereocenters. The fourth-order valence-electron chi connectivity index (χ4n) is 3.46. The molecule has 3 nitrogen and oxygen atoms in total. The van der Waals surface area contributed by atoms with Crippen LogP contribution in [0.3, 0.4) is 0 Å². The van der Waals surface area contributed by atoms with Crippen molar-refractivity contribution < 1.29 is 8.78 Å². The normalized spacial score (nSPS) is 28.2. The van der Waals surface area contributed by atoms with Gasteiger partial charge in [0.1, 0.15) is 5.82 Å². The van der Waals surface area contributed by atoms with E-state index in [2.05, 4.69) is 15.3 Å². The molecule has 0 spiro atoms. The summed E-state index contributed by atoms with van der Waals surface area (Å²) in [7, 11) is 0. The highest BCUT2D eigenvalue weighted by Gasteiger charge is 2.41. The van der Waals surface area contributed by atoms with E-state index in [-0.39, 0.29) is 0 Å². The number of hydrogen-bond donors (Lipinski definition) is 2. The monoisotopic (exact) mass is 275 g/mol. The molecule has 1 aromatic carbocycles. The molecule has 2 aromatic rings. The molecule has 0 aliphatic carbocycles. The lowest BCUT2D eigenvalue weighted by Crippen LogP contribution is -2.22. The van der Waals surface area contributed by atoms with Crippen molar-refractivity contribution in [3.05, 3.63) is 41.9 Å². The van der Waals surface area contributed by atoms with Crippen molar-refractivity contribution in [2.24, 2.45) is 0 Å². The number of aromatic nitrogens is 2. The molecule has 1 aromatic heterocycles. The predicted molar refractivity (Wildman–Crippen MR) is 71.2 cm³/mol. The number of H-pyrrole nitrogens is 1. The van der Waals surface area contributed by atoms with Crippen molar-refractivity contribution >= 4 is 0 Å². The van der Waals surface area contributed by atoms with E-state index in [9.17, 15) is 8.78 Å². The highest BCUT2D eigenvalue weighted by atomic mass is 19.2. The summed E-state index contributed by atoms with van der Waals surface area (Å²) in [5.41, 5.74) is 1.36. The number of imidazole rings is 1. The number of rotatable bonds is 2. The van der Waals surface area contributed by atoms with Gasteiger partial charge >= 0.3 is 0 Å². The third kappa shape index (κ3) is 1.85. The zero-order valence-corrected chi connectivity index (χ0v) is 10.9. The largest absolute Gasteiger partial charge is 0.342 e. The first-order valence-corrected chi connectivity index (χ1v) is 6.97. The van der Waals surface area contributed by atoms with Gasteiger partial charge in [0.05, 0.1) is 11.9 Å². The zero-order valence-electron chi connectivity index (χ0n) is 10.9. The molecule has 0 saturated carbocycles.